The van der Waals surface area contributed by atoms with Gasteiger partial charge >= 0.3 is 5.66 Å². The van der Waals surface area contributed by atoms with Crippen molar-refractivity contribution in [3.05, 3.63) is 20.2 Å². The molecule has 1 rings (SSSR count). The van der Waals surface area contributed by atoms with Crippen LogP contribution in [-0.2, 0) is 0 Å². The van der Waals surface area contributed by atoms with Crippen LogP contribution in [0.4, 0.5) is 0 Å². The first-order chi connectivity index (χ1) is 5.53. The van der Waals surface area contributed by atoms with Crippen LogP contribution in [0.25, 0.3) is 0 Å². The fourth-order valence-corrected chi connectivity index (χ4v) is 1.19. The number of hydrogen-bond acceptors (Lipinski definition) is 5. The Balaban J connectivity index is 2.69. The van der Waals surface area contributed by atoms with Gasteiger partial charge in [0.15, 0.2) is 0 Å². The lowest BCUT2D eigenvalue weighted by atomic mass is 10.0. The molecule has 7 heteroatoms. The molecule has 0 bridgehead atoms. The number of nitrogens with zero attached hydrogens (tertiary/aromatic N) is 3. The van der Waals surface area contributed by atoms with Crippen molar-refractivity contribution in [2.75, 3.05) is 19.6 Å². The summed E-state index contributed by atoms with van der Waals surface area (Å²) < 4.78 is 0. The molecule has 0 aromatic carbocycles. The molecule has 0 amide bonds. The molecule has 0 saturated carbocycles. The van der Waals surface area contributed by atoms with E-state index in [1.54, 1.807) is 4.90 Å². The van der Waals surface area contributed by atoms with Crippen molar-refractivity contribution in [1.82, 2.24) is 4.90 Å². The SMILES string of the molecule is CCN1CC([N+](=O)[O-])([N+](=O)[O-])C1. The van der Waals surface area contributed by atoms with Crippen LogP contribution in [0.3, 0.4) is 0 Å². The molecule has 0 radical (unpaired) electrons. The van der Waals surface area contributed by atoms with Gasteiger partial charge in [-0.05, 0) is 6.54 Å². The second-order valence-electron chi connectivity index (χ2n) is 2.80. The fraction of sp³-hybridized carbons (Fsp3) is 1.00. The minimum Gasteiger partial charge on any atom is -0.277 e. The Morgan fingerprint density at radius 2 is 1.75 bits per heavy atom. The van der Waals surface area contributed by atoms with Gasteiger partial charge in [-0.3, -0.25) is 25.1 Å². The molecule has 0 aromatic rings. The number of likely N-dealkylation sites (tertiary alicyclic amines) is 1. The Labute approximate surface area is 68.3 Å². The van der Waals surface area contributed by atoms with Crippen LogP contribution < -0.4 is 0 Å². The van der Waals surface area contributed by atoms with Crippen LogP contribution in [0.1, 0.15) is 6.92 Å². The smallest absolute Gasteiger partial charge is 0.277 e. The van der Waals surface area contributed by atoms with Crippen LogP contribution in [0.15, 0.2) is 0 Å². The molecule has 1 fully saturated rings. The van der Waals surface area contributed by atoms with Crippen LogP contribution in [0, 0.1) is 20.2 Å². The molecule has 0 spiro atoms. The zero-order chi connectivity index (χ0) is 9.35. The predicted octanol–water partition coefficient (Wildman–Crippen LogP) is -0.428. The van der Waals surface area contributed by atoms with Gasteiger partial charge in [-0.25, -0.2) is 0 Å². The van der Waals surface area contributed by atoms with Crippen LogP contribution in [-0.4, -0.2) is 40.0 Å². The van der Waals surface area contributed by atoms with E-state index < -0.39 is 15.5 Å². The Morgan fingerprint density at radius 1 is 1.33 bits per heavy atom. The normalized spacial score (nSPS) is 21.4. The Hall–Kier alpha value is -1.24. The van der Waals surface area contributed by atoms with E-state index in [0.29, 0.717) is 6.54 Å². The Bertz CT molecular complexity index is 207. The largest absolute Gasteiger partial charge is 0.482 e. The van der Waals surface area contributed by atoms with E-state index >= 15 is 0 Å². The van der Waals surface area contributed by atoms with Gasteiger partial charge in [-0.15, -0.1) is 0 Å². The van der Waals surface area contributed by atoms with Gasteiger partial charge in [-0.2, -0.15) is 0 Å². The average molecular weight is 175 g/mol. The van der Waals surface area contributed by atoms with Crippen molar-refractivity contribution in [1.29, 1.82) is 0 Å². The Kier molecular flexibility index (Phi) is 1.97. The third kappa shape index (κ3) is 1.02. The lowest BCUT2D eigenvalue weighted by molar-refractivity contribution is -0.810. The second kappa shape index (κ2) is 2.67. The van der Waals surface area contributed by atoms with Crippen molar-refractivity contribution >= 4 is 0 Å². The first kappa shape index (κ1) is 8.85. The molecule has 0 N–H and O–H groups in total. The highest BCUT2D eigenvalue weighted by Gasteiger charge is 2.65. The third-order valence-electron chi connectivity index (χ3n) is 2.08. The summed E-state index contributed by atoms with van der Waals surface area (Å²) in [4.78, 5) is 20.7. The fourth-order valence-electron chi connectivity index (χ4n) is 1.19. The quantitative estimate of drug-likeness (QED) is 0.330. The lowest BCUT2D eigenvalue weighted by Gasteiger charge is -2.35. The highest BCUT2D eigenvalue weighted by Crippen LogP contribution is 2.24. The minimum atomic E-state index is -1.93. The lowest BCUT2D eigenvalue weighted by Crippen LogP contribution is -2.69. The van der Waals surface area contributed by atoms with E-state index in [9.17, 15) is 20.2 Å². The van der Waals surface area contributed by atoms with E-state index in [-0.39, 0.29) is 13.1 Å². The molecule has 0 aliphatic carbocycles. The monoisotopic (exact) mass is 175 g/mol. The summed E-state index contributed by atoms with van der Waals surface area (Å²) in [7, 11) is 0. The highest BCUT2D eigenvalue weighted by molar-refractivity contribution is 4.86. The number of hydrogen-bond donors (Lipinski definition) is 0. The molecule has 1 aliphatic rings. The van der Waals surface area contributed by atoms with Crippen molar-refractivity contribution in [2.45, 2.75) is 12.6 Å². The molecule has 7 nitrogen and oxygen atoms in total. The summed E-state index contributed by atoms with van der Waals surface area (Å²) in [5.74, 6) is 0. The maximum atomic E-state index is 10.3. The van der Waals surface area contributed by atoms with Gasteiger partial charge in [0.05, 0.1) is 0 Å². The van der Waals surface area contributed by atoms with E-state index in [2.05, 4.69) is 0 Å². The summed E-state index contributed by atoms with van der Waals surface area (Å²) in [6.07, 6.45) is 0. The van der Waals surface area contributed by atoms with E-state index in [4.69, 9.17) is 0 Å². The molecule has 1 aliphatic heterocycles. The number of nitro groups is 2. The number of likely N-dealkylation sites (N-methyl/N-ethyl adjacent to an activating group) is 1. The molecule has 0 atom stereocenters. The molecule has 1 saturated heterocycles. The predicted molar refractivity (Wildman–Crippen MR) is 38.8 cm³/mol. The zero-order valence-corrected chi connectivity index (χ0v) is 6.60. The molecule has 1 heterocycles. The van der Waals surface area contributed by atoms with Crippen LogP contribution in [0.2, 0.25) is 0 Å². The molecule has 0 unspecified atom stereocenters. The van der Waals surface area contributed by atoms with Crippen LogP contribution in [0.5, 0.6) is 0 Å². The average Bonchev–Trinajstić information content (AvgIpc) is 1.83. The maximum Gasteiger partial charge on any atom is 0.482 e. The van der Waals surface area contributed by atoms with Gasteiger partial charge in [0.25, 0.3) is 0 Å². The summed E-state index contributed by atoms with van der Waals surface area (Å²) in [5.41, 5.74) is -1.93. The van der Waals surface area contributed by atoms with Crippen molar-refractivity contribution in [2.24, 2.45) is 0 Å². The van der Waals surface area contributed by atoms with Gasteiger partial charge in [0.1, 0.15) is 22.9 Å². The molecule has 0 aromatic heterocycles. The van der Waals surface area contributed by atoms with Crippen LogP contribution >= 0.6 is 0 Å². The van der Waals surface area contributed by atoms with Crippen molar-refractivity contribution < 1.29 is 9.85 Å². The maximum absolute atomic E-state index is 10.3. The zero-order valence-electron chi connectivity index (χ0n) is 6.60. The summed E-state index contributed by atoms with van der Waals surface area (Å²) in [6, 6.07) is 0. The van der Waals surface area contributed by atoms with Crippen molar-refractivity contribution in [3.63, 3.8) is 0 Å². The first-order valence-electron chi connectivity index (χ1n) is 3.54. The molecular formula is C5H9N3O4. The van der Waals surface area contributed by atoms with E-state index in [1.165, 1.54) is 0 Å². The summed E-state index contributed by atoms with van der Waals surface area (Å²) >= 11 is 0. The third-order valence-corrected chi connectivity index (χ3v) is 2.08. The number of rotatable bonds is 3. The van der Waals surface area contributed by atoms with Gasteiger partial charge in [-0.1, -0.05) is 6.92 Å². The molecule has 68 valence electrons. The summed E-state index contributed by atoms with van der Waals surface area (Å²) in [5, 5.41) is 20.7. The van der Waals surface area contributed by atoms with Gasteiger partial charge in [0, 0.05) is 0 Å². The topological polar surface area (TPSA) is 89.5 Å². The highest BCUT2D eigenvalue weighted by atomic mass is 16.7. The first-order valence-corrected chi connectivity index (χ1v) is 3.54. The van der Waals surface area contributed by atoms with Gasteiger partial charge < -0.3 is 0 Å². The molecule has 12 heavy (non-hydrogen) atoms. The van der Waals surface area contributed by atoms with E-state index in [1.807, 2.05) is 6.92 Å². The minimum absolute atomic E-state index is 0.0799. The molecular weight excluding hydrogens is 166 g/mol. The van der Waals surface area contributed by atoms with Gasteiger partial charge in [0.2, 0.25) is 0 Å². The summed E-state index contributed by atoms with van der Waals surface area (Å²) in [6.45, 7) is 2.26. The van der Waals surface area contributed by atoms with Crippen molar-refractivity contribution in [3.8, 4) is 0 Å². The Morgan fingerprint density at radius 3 is 2.00 bits per heavy atom. The van der Waals surface area contributed by atoms with E-state index in [0.717, 1.165) is 0 Å². The second-order valence-corrected chi connectivity index (χ2v) is 2.80. The standard InChI is InChI=1S/C5H9N3O4/c1-2-6-3-5(4-6,7(9)10)8(11)12/h2-4H2,1H3.